The third-order valence-electron chi connectivity index (χ3n) is 4.56. The lowest BCUT2D eigenvalue weighted by Gasteiger charge is -2.43. The molecule has 1 aliphatic rings. The van der Waals surface area contributed by atoms with Crippen molar-refractivity contribution in [1.29, 1.82) is 0 Å². The number of aliphatic hydroxyl groups is 3. The first-order chi connectivity index (χ1) is 14.7. The van der Waals surface area contributed by atoms with Crippen LogP contribution in [0.4, 0.5) is 11.6 Å². The van der Waals surface area contributed by atoms with Crippen molar-refractivity contribution in [3.63, 3.8) is 0 Å². The Morgan fingerprint density at radius 3 is 2.35 bits per heavy atom. The van der Waals surface area contributed by atoms with Crippen molar-refractivity contribution < 1.29 is 33.3 Å². The topological polar surface area (TPSA) is 183 Å². The molecule has 2 aromatic rings. The first-order valence-corrected chi connectivity index (χ1v) is 10.8. The van der Waals surface area contributed by atoms with Gasteiger partial charge in [-0.05, 0) is 30.3 Å². The SMILES string of the molecule is CC(=O)N[C@@H]1[C@H](O)[C@H](O)[C@H](CO)O[C@@H]1Nc1ccc(S(=O)(=O)Nc2ncccn2)cc1. The lowest BCUT2D eigenvalue weighted by molar-refractivity contribution is -0.188. The number of hydrogen-bond acceptors (Lipinski definition) is 10. The van der Waals surface area contributed by atoms with E-state index in [2.05, 4.69) is 25.3 Å². The van der Waals surface area contributed by atoms with Gasteiger partial charge in [0.2, 0.25) is 11.9 Å². The summed E-state index contributed by atoms with van der Waals surface area (Å²) in [5.74, 6) is -0.522. The molecule has 1 aromatic carbocycles. The van der Waals surface area contributed by atoms with E-state index in [1.54, 1.807) is 6.07 Å². The van der Waals surface area contributed by atoms with E-state index in [-0.39, 0.29) is 10.8 Å². The Kier molecular flexibility index (Phi) is 7.02. The Hall–Kier alpha value is -2.84. The maximum absolute atomic E-state index is 12.5. The van der Waals surface area contributed by atoms with Crippen LogP contribution in [0.2, 0.25) is 0 Å². The molecule has 0 unspecified atom stereocenters. The molecule has 6 N–H and O–H groups in total. The zero-order chi connectivity index (χ0) is 22.6. The molecule has 12 nitrogen and oxygen atoms in total. The Balaban J connectivity index is 1.76. The summed E-state index contributed by atoms with van der Waals surface area (Å²) >= 11 is 0. The van der Waals surface area contributed by atoms with Crippen molar-refractivity contribution >= 4 is 27.6 Å². The summed E-state index contributed by atoms with van der Waals surface area (Å²) in [5, 5.41) is 35.2. The highest BCUT2D eigenvalue weighted by atomic mass is 32.2. The van der Waals surface area contributed by atoms with Crippen molar-refractivity contribution in [1.82, 2.24) is 15.3 Å². The third kappa shape index (κ3) is 5.45. The molecule has 0 spiro atoms. The molecular weight excluding hydrogens is 430 g/mol. The van der Waals surface area contributed by atoms with E-state index >= 15 is 0 Å². The van der Waals surface area contributed by atoms with Crippen LogP contribution in [0.15, 0.2) is 47.6 Å². The average Bonchev–Trinajstić information content (AvgIpc) is 2.74. The van der Waals surface area contributed by atoms with Crippen LogP contribution in [0.25, 0.3) is 0 Å². The Morgan fingerprint density at radius 1 is 1.13 bits per heavy atom. The first-order valence-electron chi connectivity index (χ1n) is 9.27. The third-order valence-corrected chi connectivity index (χ3v) is 5.91. The van der Waals surface area contributed by atoms with Crippen molar-refractivity contribution in [2.45, 2.75) is 42.4 Å². The van der Waals surface area contributed by atoms with Gasteiger partial charge in [0, 0.05) is 25.0 Å². The molecule has 1 saturated heterocycles. The summed E-state index contributed by atoms with van der Waals surface area (Å²) in [6.07, 6.45) is -2.08. The van der Waals surface area contributed by atoms with Crippen LogP contribution in [0.5, 0.6) is 0 Å². The molecule has 1 aliphatic heterocycles. The Labute approximate surface area is 178 Å². The Bertz CT molecular complexity index is 990. The molecule has 0 saturated carbocycles. The van der Waals surface area contributed by atoms with Crippen molar-refractivity contribution in [3.8, 4) is 0 Å². The summed E-state index contributed by atoms with van der Waals surface area (Å²) in [6.45, 7) is 0.699. The van der Waals surface area contributed by atoms with Crippen LogP contribution in [-0.4, -0.2) is 76.8 Å². The normalized spacial score (nSPS) is 26.1. The number of rotatable bonds is 7. The lowest BCUT2D eigenvalue weighted by atomic mass is 9.96. The quantitative estimate of drug-likeness (QED) is 0.292. The standard InChI is InChI=1S/C18H23N5O7S/c1-10(25)21-14-16(27)15(26)13(9-24)30-17(14)22-11-3-5-12(6-4-11)31(28,29)23-18-19-7-2-8-20-18/h2-8,13-17,22,24,26-27H,9H2,1H3,(H,21,25)(H,19,20,23)/t13-,14+,15+,16-,17-/m0/s1. The van der Waals surface area contributed by atoms with Crippen molar-refractivity contribution in [3.05, 3.63) is 42.7 Å². The molecule has 0 radical (unpaired) electrons. The molecule has 2 heterocycles. The van der Waals surface area contributed by atoms with Gasteiger partial charge in [0.05, 0.1) is 11.5 Å². The first kappa shape index (κ1) is 22.8. The van der Waals surface area contributed by atoms with Gasteiger partial charge in [0.25, 0.3) is 10.0 Å². The van der Waals surface area contributed by atoms with Gasteiger partial charge in [-0.2, -0.15) is 0 Å². The van der Waals surface area contributed by atoms with Gasteiger partial charge in [0.1, 0.15) is 24.4 Å². The summed E-state index contributed by atoms with van der Waals surface area (Å²) in [6, 6.07) is 6.12. The van der Waals surface area contributed by atoms with Crippen LogP contribution in [0, 0.1) is 0 Å². The molecule has 3 rings (SSSR count). The molecule has 168 valence electrons. The summed E-state index contributed by atoms with van der Waals surface area (Å²) in [7, 11) is -3.92. The molecule has 5 atom stereocenters. The zero-order valence-corrected chi connectivity index (χ0v) is 17.2. The molecule has 1 amide bonds. The molecule has 0 aliphatic carbocycles. The predicted molar refractivity (Wildman–Crippen MR) is 108 cm³/mol. The van der Waals surface area contributed by atoms with Gasteiger partial charge in [-0.3, -0.25) is 4.79 Å². The fourth-order valence-corrected chi connectivity index (χ4v) is 4.02. The number of benzene rings is 1. The lowest BCUT2D eigenvalue weighted by Crippen LogP contribution is -2.65. The number of carbonyl (C=O) groups excluding carboxylic acids is 1. The van der Waals surface area contributed by atoms with Crippen LogP contribution in [-0.2, 0) is 19.6 Å². The number of nitrogens with zero attached hydrogens (tertiary/aromatic N) is 2. The number of amides is 1. The van der Waals surface area contributed by atoms with Gasteiger partial charge in [-0.15, -0.1) is 0 Å². The van der Waals surface area contributed by atoms with Crippen molar-refractivity contribution in [2.24, 2.45) is 0 Å². The zero-order valence-electron chi connectivity index (χ0n) is 16.4. The molecule has 31 heavy (non-hydrogen) atoms. The highest BCUT2D eigenvalue weighted by Crippen LogP contribution is 2.24. The summed E-state index contributed by atoms with van der Waals surface area (Å²) in [4.78, 5) is 19.1. The number of aromatic nitrogens is 2. The van der Waals surface area contributed by atoms with E-state index < -0.39 is 53.1 Å². The predicted octanol–water partition coefficient (Wildman–Crippen LogP) is -1.37. The second-order valence-corrected chi connectivity index (χ2v) is 8.51. The van der Waals surface area contributed by atoms with Gasteiger partial charge in [-0.25, -0.2) is 23.1 Å². The van der Waals surface area contributed by atoms with E-state index in [4.69, 9.17) is 4.74 Å². The van der Waals surface area contributed by atoms with Crippen LogP contribution in [0.1, 0.15) is 6.92 Å². The van der Waals surface area contributed by atoms with Crippen LogP contribution >= 0.6 is 0 Å². The maximum Gasteiger partial charge on any atom is 0.264 e. The second-order valence-electron chi connectivity index (χ2n) is 6.83. The number of anilines is 2. The minimum Gasteiger partial charge on any atom is -0.394 e. The molecule has 0 bridgehead atoms. The number of aliphatic hydroxyl groups excluding tert-OH is 3. The van der Waals surface area contributed by atoms with Gasteiger partial charge < -0.3 is 30.7 Å². The van der Waals surface area contributed by atoms with E-state index in [1.807, 2.05) is 0 Å². The number of hydrogen-bond donors (Lipinski definition) is 6. The highest BCUT2D eigenvalue weighted by Gasteiger charge is 2.44. The fraction of sp³-hybridized carbons (Fsp3) is 0.389. The van der Waals surface area contributed by atoms with Gasteiger partial charge in [-0.1, -0.05) is 0 Å². The molecule has 1 aromatic heterocycles. The van der Waals surface area contributed by atoms with Crippen LogP contribution in [0.3, 0.4) is 0 Å². The largest absolute Gasteiger partial charge is 0.394 e. The molecular formula is C18H23N5O7S. The number of nitrogens with one attached hydrogen (secondary N) is 3. The monoisotopic (exact) mass is 453 g/mol. The average molecular weight is 453 g/mol. The Morgan fingerprint density at radius 2 is 1.77 bits per heavy atom. The molecule has 1 fully saturated rings. The van der Waals surface area contributed by atoms with Gasteiger partial charge >= 0.3 is 0 Å². The number of carbonyl (C=O) groups is 1. The highest BCUT2D eigenvalue weighted by molar-refractivity contribution is 7.92. The van der Waals surface area contributed by atoms with E-state index in [1.165, 1.54) is 43.6 Å². The minimum atomic E-state index is -3.92. The van der Waals surface area contributed by atoms with Crippen LogP contribution < -0.4 is 15.4 Å². The van der Waals surface area contributed by atoms with Gasteiger partial charge in [0.15, 0.2) is 6.23 Å². The van der Waals surface area contributed by atoms with E-state index in [0.717, 1.165) is 0 Å². The number of sulfonamides is 1. The molecule has 13 heteroatoms. The fourth-order valence-electron chi connectivity index (χ4n) is 3.06. The minimum absolute atomic E-state index is 0.0443. The summed E-state index contributed by atoms with van der Waals surface area (Å²) < 4.78 is 32.8. The summed E-state index contributed by atoms with van der Waals surface area (Å²) in [5.41, 5.74) is 0.413. The van der Waals surface area contributed by atoms with Crippen molar-refractivity contribution in [2.75, 3.05) is 16.6 Å². The van der Waals surface area contributed by atoms with E-state index in [9.17, 15) is 28.5 Å². The smallest absolute Gasteiger partial charge is 0.264 e. The second kappa shape index (κ2) is 9.53. The van der Waals surface area contributed by atoms with E-state index in [0.29, 0.717) is 5.69 Å². The maximum atomic E-state index is 12.5. The number of ether oxygens (including phenoxy) is 1.